The Kier molecular flexibility index (Phi) is 8.15. The molecule has 0 aliphatic carbocycles. The van der Waals surface area contributed by atoms with E-state index < -0.39 is 6.10 Å². The Hall–Kier alpha value is -3.22. The molecule has 1 amide bonds. The van der Waals surface area contributed by atoms with Gasteiger partial charge in [-0.1, -0.05) is 48.5 Å². The average molecular weight is 420 g/mol. The van der Waals surface area contributed by atoms with Crippen molar-refractivity contribution in [2.75, 3.05) is 27.2 Å². The van der Waals surface area contributed by atoms with Gasteiger partial charge in [0.2, 0.25) is 5.88 Å². The second kappa shape index (κ2) is 11.2. The Labute approximate surface area is 183 Å². The van der Waals surface area contributed by atoms with Crippen LogP contribution in [0.2, 0.25) is 0 Å². The van der Waals surface area contributed by atoms with Crippen molar-refractivity contribution in [1.82, 2.24) is 15.2 Å². The normalized spacial score (nSPS) is 11.7. The van der Waals surface area contributed by atoms with Crippen molar-refractivity contribution in [3.8, 4) is 5.88 Å². The van der Waals surface area contributed by atoms with Gasteiger partial charge in [0, 0.05) is 30.9 Å². The standard InChI is InChI=1S/C25H29N3O3/c1-28(18-22-9-6-15-27-24(22)31-2)25(30)21-12-10-19(11-13-21)14-16-26-17-23(29)20-7-4-3-5-8-20/h3-13,15,23,26,29H,14,16-18H2,1-2H3/t23-/m0/s1. The van der Waals surface area contributed by atoms with Crippen LogP contribution in [0.15, 0.2) is 72.9 Å². The van der Waals surface area contributed by atoms with Crippen molar-refractivity contribution < 1.29 is 14.6 Å². The molecular formula is C25H29N3O3. The fourth-order valence-corrected chi connectivity index (χ4v) is 3.35. The molecule has 162 valence electrons. The van der Waals surface area contributed by atoms with Crippen molar-refractivity contribution in [1.29, 1.82) is 0 Å². The second-order valence-corrected chi connectivity index (χ2v) is 7.41. The summed E-state index contributed by atoms with van der Waals surface area (Å²) >= 11 is 0. The molecule has 0 saturated heterocycles. The number of hydrogen-bond acceptors (Lipinski definition) is 5. The fourth-order valence-electron chi connectivity index (χ4n) is 3.35. The van der Waals surface area contributed by atoms with Crippen molar-refractivity contribution >= 4 is 5.91 Å². The minimum absolute atomic E-state index is 0.0541. The topological polar surface area (TPSA) is 74.7 Å². The number of rotatable bonds is 10. The predicted molar refractivity (Wildman–Crippen MR) is 121 cm³/mol. The number of nitrogens with one attached hydrogen (secondary N) is 1. The van der Waals surface area contributed by atoms with Gasteiger partial charge in [-0.25, -0.2) is 4.98 Å². The molecule has 6 heteroatoms. The summed E-state index contributed by atoms with van der Waals surface area (Å²) in [5.74, 6) is 0.476. The van der Waals surface area contributed by atoms with E-state index in [0.717, 1.165) is 29.7 Å². The number of methoxy groups -OCH3 is 1. The van der Waals surface area contributed by atoms with Crippen LogP contribution in [0.3, 0.4) is 0 Å². The van der Waals surface area contributed by atoms with Crippen molar-refractivity contribution in [2.24, 2.45) is 0 Å². The molecule has 6 nitrogen and oxygen atoms in total. The van der Waals surface area contributed by atoms with Gasteiger partial charge < -0.3 is 20.1 Å². The zero-order chi connectivity index (χ0) is 22.1. The summed E-state index contributed by atoms with van der Waals surface area (Å²) in [6.07, 6.45) is 1.97. The van der Waals surface area contributed by atoms with Gasteiger partial charge in [-0.3, -0.25) is 4.79 Å². The molecule has 0 fully saturated rings. The first kappa shape index (κ1) is 22.5. The molecule has 2 aromatic carbocycles. The average Bonchev–Trinajstić information content (AvgIpc) is 2.82. The number of nitrogens with zero attached hydrogens (tertiary/aromatic N) is 2. The van der Waals surface area contributed by atoms with Crippen LogP contribution in [-0.4, -0.2) is 48.1 Å². The van der Waals surface area contributed by atoms with Crippen LogP contribution in [0.5, 0.6) is 5.88 Å². The third-order valence-electron chi connectivity index (χ3n) is 5.11. The molecule has 3 aromatic rings. The third-order valence-corrected chi connectivity index (χ3v) is 5.11. The smallest absolute Gasteiger partial charge is 0.253 e. The van der Waals surface area contributed by atoms with E-state index in [1.165, 1.54) is 0 Å². The Morgan fingerprint density at radius 3 is 2.55 bits per heavy atom. The van der Waals surface area contributed by atoms with E-state index in [4.69, 9.17) is 4.74 Å². The number of carbonyl (C=O) groups is 1. The first-order valence-electron chi connectivity index (χ1n) is 10.3. The quantitative estimate of drug-likeness (QED) is 0.494. The molecule has 1 atom stereocenters. The van der Waals surface area contributed by atoms with Gasteiger partial charge in [0.1, 0.15) is 0 Å². The zero-order valence-corrected chi connectivity index (χ0v) is 18.0. The number of pyridine rings is 1. The summed E-state index contributed by atoms with van der Waals surface area (Å²) in [5.41, 5.74) is 3.54. The maximum Gasteiger partial charge on any atom is 0.253 e. The minimum atomic E-state index is -0.518. The highest BCUT2D eigenvalue weighted by Crippen LogP contribution is 2.17. The zero-order valence-electron chi connectivity index (χ0n) is 18.0. The third kappa shape index (κ3) is 6.38. The fraction of sp³-hybridized carbons (Fsp3) is 0.280. The van der Waals surface area contributed by atoms with E-state index in [1.807, 2.05) is 66.7 Å². The SMILES string of the molecule is COc1ncccc1CN(C)C(=O)c1ccc(CCNC[C@H](O)c2ccccc2)cc1. The maximum absolute atomic E-state index is 12.8. The highest BCUT2D eigenvalue weighted by Gasteiger charge is 2.14. The monoisotopic (exact) mass is 419 g/mol. The van der Waals surface area contributed by atoms with E-state index in [0.29, 0.717) is 24.5 Å². The largest absolute Gasteiger partial charge is 0.481 e. The lowest BCUT2D eigenvalue weighted by Gasteiger charge is -2.18. The molecule has 0 bridgehead atoms. The summed E-state index contributed by atoms with van der Waals surface area (Å²) in [4.78, 5) is 18.6. The van der Waals surface area contributed by atoms with Crippen LogP contribution >= 0.6 is 0 Å². The van der Waals surface area contributed by atoms with E-state index in [9.17, 15) is 9.90 Å². The van der Waals surface area contributed by atoms with Crippen molar-refractivity contribution in [3.63, 3.8) is 0 Å². The molecule has 0 spiro atoms. The summed E-state index contributed by atoms with van der Waals surface area (Å²) in [5, 5.41) is 13.5. The second-order valence-electron chi connectivity index (χ2n) is 7.41. The molecule has 31 heavy (non-hydrogen) atoms. The Morgan fingerprint density at radius 2 is 1.84 bits per heavy atom. The lowest BCUT2D eigenvalue weighted by Crippen LogP contribution is -2.26. The highest BCUT2D eigenvalue weighted by molar-refractivity contribution is 5.94. The van der Waals surface area contributed by atoms with E-state index in [-0.39, 0.29) is 5.91 Å². The van der Waals surface area contributed by atoms with Crippen LogP contribution in [-0.2, 0) is 13.0 Å². The number of aliphatic hydroxyl groups excluding tert-OH is 1. The first-order chi connectivity index (χ1) is 15.1. The van der Waals surface area contributed by atoms with Gasteiger partial charge in [0.15, 0.2) is 0 Å². The van der Waals surface area contributed by atoms with Crippen LogP contribution in [0.4, 0.5) is 0 Å². The summed E-state index contributed by atoms with van der Waals surface area (Å²) in [6.45, 7) is 1.67. The Bertz CT molecular complexity index is 961. The molecule has 1 aromatic heterocycles. The van der Waals surface area contributed by atoms with Gasteiger partial charge >= 0.3 is 0 Å². The molecular weight excluding hydrogens is 390 g/mol. The predicted octanol–water partition coefficient (Wildman–Crippen LogP) is 3.23. The van der Waals surface area contributed by atoms with Crippen LogP contribution in [0.25, 0.3) is 0 Å². The molecule has 0 unspecified atom stereocenters. The van der Waals surface area contributed by atoms with Crippen LogP contribution in [0, 0.1) is 0 Å². The van der Waals surface area contributed by atoms with E-state index in [2.05, 4.69) is 10.3 Å². The van der Waals surface area contributed by atoms with Crippen LogP contribution < -0.4 is 10.1 Å². The number of amides is 1. The molecule has 0 radical (unpaired) electrons. The molecule has 0 aliphatic heterocycles. The molecule has 2 N–H and O–H groups in total. The first-order valence-corrected chi connectivity index (χ1v) is 10.3. The van der Waals surface area contributed by atoms with Gasteiger partial charge in [0.05, 0.1) is 19.8 Å². The number of hydrogen-bond donors (Lipinski definition) is 2. The summed E-state index contributed by atoms with van der Waals surface area (Å²) < 4.78 is 5.26. The van der Waals surface area contributed by atoms with Gasteiger partial charge in [0.25, 0.3) is 5.91 Å². The van der Waals surface area contributed by atoms with E-state index in [1.54, 1.807) is 25.3 Å². The Morgan fingerprint density at radius 1 is 1.10 bits per heavy atom. The maximum atomic E-state index is 12.8. The Balaban J connectivity index is 1.47. The summed E-state index contributed by atoms with van der Waals surface area (Å²) in [7, 11) is 3.34. The van der Waals surface area contributed by atoms with E-state index >= 15 is 0 Å². The highest BCUT2D eigenvalue weighted by atomic mass is 16.5. The number of ether oxygens (including phenoxy) is 1. The molecule has 3 rings (SSSR count). The summed E-state index contributed by atoms with van der Waals surface area (Å²) in [6, 6.07) is 21.0. The van der Waals surface area contributed by atoms with Gasteiger partial charge in [-0.05, 0) is 42.3 Å². The van der Waals surface area contributed by atoms with Crippen LogP contribution in [0.1, 0.15) is 33.2 Å². The minimum Gasteiger partial charge on any atom is -0.481 e. The number of carbonyl (C=O) groups excluding carboxylic acids is 1. The number of aromatic nitrogens is 1. The number of benzene rings is 2. The number of aliphatic hydroxyl groups is 1. The lowest BCUT2D eigenvalue weighted by atomic mass is 10.1. The van der Waals surface area contributed by atoms with Gasteiger partial charge in [-0.15, -0.1) is 0 Å². The van der Waals surface area contributed by atoms with Gasteiger partial charge in [-0.2, -0.15) is 0 Å². The molecule has 0 saturated carbocycles. The lowest BCUT2D eigenvalue weighted by molar-refractivity contribution is 0.0784. The van der Waals surface area contributed by atoms with Crippen molar-refractivity contribution in [2.45, 2.75) is 19.1 Å². The molecule has 1 heterocycles. The van der Waals surface area contributed by atoms with Crippen molar-refractivity contribution in [3.05, 3.63) is 95.2 Å². The molecule has 0 aliphatic rings.